The van der Waals surface area contributed by atoms with Crippen LogP contribution in [0.3, 0.4) is 0 Å². The molecule has 0 aliphatic heterocycles. The molecule has 0 fully saturated rings. The van der Waals surface area contributed by atoms with Crippen molar-refractivity contribution in [2.75, 3.05) is 11.9 Å². The standard InChI is InChI=1S/C68H51N3O/c1-4-14-52-38-54-37-47(23-28-58(54)57(52)5-2)50-27-32-66-62(41-50)61-40-49(26-31-65(61)71(66)56-21-10-7-11-22-56)45-16-12-15-44(35-45)46-17-13-18-53(36-46)60-39-48(25-30-64(60)70(3)55-19-8-6-9-20-55)51-24-29-59-63-43-69-34-33-67(63)72-68(59)42-51/h4-5,7-8,10-37,39-43H,2,6,9,38H2,1,3H3/b14-4-. The molecule has 13 rings (SSSR count). The first kappa shape index (κ1) is 43.1. The normalized spacial score (nSPS) is 13.5. The van der Waals surface area contributed by atoms with Gasteiger partial charge in [0.15, 0.2) is 0 Å². The van der Waals surface area contributed by atoms with Crippen molar-refractivity contribution in [2.45, 2.75) is 26.2 Å². The van der Waals surface area contributed by atoms with Crippen molar-refractivity contribution in [1.29, 1.82) is 0 Å². The third kappa shape index (κ3) is 7.43. The Balaban J connectivity index is 0.890. The van der Waals surface area contributed by atoms with E-state index in [4.69, 9.17) is 4.42 Å². The molecule has 3 heterocycles. The average Bonchev–Trinajstić information content (AvgIpc) is 4.11. The lowest BCUT2D eigenvalue weighted by atomic mass is 9.93. The SMILES string of the molecule is C=CC1=C(/C=C\C)Cc2cc(-c3ccc4c(c3)c3cc(-c5cccc(-c6cccc(-c7cc(-c8ccc9c(c8)oc8ccncc89)ccc7N(C)C7=CCCC=C7)c6)c5)ccc3n4-c3ccccc3)ccc21. The highest BCUT2D eigenvalue weighted by molar-refractivity contribution is 6.12. The molecule has 0 unspecified atom stereocenters. The van der Waals surface area contributed by atoms with Crippen LogP contribution in [-0.2, 0) is 6.42 Å². The Labute approximate surface area is 420 Å². The lowest BCUT2D eigenvalue weighted by Crippen LogP contribution is -2.17. The van der Waals surface area contributed by atoms with Crippen molar-refractivity contribution in [3.63, 3.8) is 0 Å². The molecule has 0 spiro atoms. The lowest BCUT2D eigenvalue weighted by molar-refractivity contribution is 0.668. The Hall–Kier alpha value is -8.99. The predicted molar refractivity (Wildman–Crippen MR) is 304 cm³/mol. The van der Waals surface area contributed by atoms with Gasteiger partial charge in [-0.1, -0.05) is 134 Å². The van der Waals surface area contributed by atoms with E-state index < -0.39 is 0 Å². The minimum atomic E-state index is 0.848. The van der Waals surface area contributed by atoms with E-state index >= 15 is 0 Å². The van der Waals surface area contributed by atoms with Crippen molar-refractivity contribution in [3.8, 4) is 61.3 Å². The summed E-state index contributed by atoms with van der Waals surface area (Å²) in [6.45, 7) is 6.23. The molecule has 344 valence electrons. The molecule has 2 aliphatic rings. The molecule has 2 aliphatic carbocycles. The third-order valence-electron chi connectivity index (χ3n) is 14.8. The molecular formula is C68H51N3O. The summed E-state index contributed by atoms with van der Waals surface area (Å²) in [5.41, 5.74) is 24.4. The monoisotopic (exact) mass is 925 g/mol. The van der Waals surface area contributed by atoms with Gasteiger partial charge in [-0.15, -0.1) is 0 Å². The number of anilines is 1. The van der Waals surface area contributed by atoms with Crippen LogP contribution in [0.1, 0.15) is 30.9 Å². The number of furan rings is 1. The Morgan fingerprint density at radius 3 is 1.94 bits per heavy atom. The third-order valence-corrected chi connectivity index (χ3v) is 14.8. The highest BCUT2D eigenvalue weighted by Gasteiger charge is 2.21. The van der Waals surface area contributed by atoms with Crippen molar-refractivity contribution in [3.05, 3.63) is 254 Å². The maximum Gasteiger partial charge on any atom is 0.138 e. The molecule has 11 aromatic rings. The van der Waals surface area contributed by atoms with Gasteiger partial charge in [0.1, 0.15) is 11.2 Å². The number of fused-ring (bicyclic) bond motifs is 7. The second-order valence-corrected chi connectivity index (χ2v) is 19.1. The molecule has 0 amide bonds. The number of likely N-dealkylation sites (N-methyl/N-ethyl adjacent to an activating group) is 1. The number of hydrogen-bond acceptors (Lipinski definition) is 3. The summed E-state index contributed by atoms with van der Waals surface area (Å²) in [7, 11) is 2.18. The van der Waals surface area contributed by atoms with Crippen LogP contribution in [0.15, 0.2) is 247 Å². The minimum Gasteiger partial charge on any atom is -0.456 e. The van der Waals surface area contributed by atoms with Gasteiger partial charge in [-0.3, -0.25) is 4.98 Å². The first-order valence-corrected chi connectivity index (χ1v) is 25.0. The Morgan fingerprint density at radius 1 is 0.569 bits per heavy atom. The molecule has 72 heavy (non-hydrogen) atoms. The maximum absolute atomic E-state index is 6.31. The van der Waals surface area contributed by atoms with Gasteiger partial charge >= 0.3 is 0 Å². The van der Waals surface area contributed by atoms with Crippen molar-refractivity contribution < 1.29 is 4.42 Å². The smallest absolute Gasteiger partial charge is 0.138 e. The number of hydrogen-bond donors (Lipinski definition) is 0. The number of para-hydroxylation sites is 1. The quantitative estimate of drug-likeness (QED) is 0.137. The summed E-state index contributed by atoms with van der Waals surface area (Å²) >= 11 is 0. The van der Waals surface area contributed by atoms with E-state index in [2.05, 4.69) is 235 Å². The van der Waals surface area contributed by atoms with Crippen LogP contribution in [0.2, 0.25) is 0 Å². The maximum atomic E-state index is 6.31. The Bertz CT molecular complexity index is 4120. The summed E-state index contributed by atoms with van der Waals surface area (Å²) < 4.78 is 8.72. The fourth-order valence-corrected chi connectivity index (χ4v) is 11.3. The molecule has 0 N–H and O–H groups in total. The number of benzene rings is 8. The summed E-state index contributed by atoms with van der Waals surface area (Å²) in [5, 5.41) is 4.56. The molecule has 4 nitrogen and oxygen atoms in total. The van der Waals surface area contributed by atoms with E-state index in [9.17, 15) is 0 Å². The summed E-state index contributed by atoms with van der Waals surface area (Å²) in [4.78, 5) is 6.68. The van der Waals surface area contributed by atoms with Gasteiger partial charge in [-0.05, 0) is 183 Å². The van der Waals surface area contributed by atoms with E-state index in [1.807, 2.05) is 18.3 Å². The highest BCUT2D eigenvalue weighted by Crippen LogP contribution is 2.43. The molecule has 8 aromatic carbocycles. The summed E-state index contributed by atoms with van der Waals surface area (Å²) in [5.74, 6) is 0. The number of allylic oxidation sites excluding steroid dienone is 8. The highest BCUT2D eigenvalue weighted by atomic mass is 16.3. The lowest BCUT2D eigenvalue weighted by Gasteiger charge is -2.26. The zero-order chi connectivity index (χ0) is 48.3. The van der Waals surface area contributed by atoms with E-state index in [0.717, 1.165) is 80.4 Å². The van der Waals surface area contributed by atoms with Gasteiger partial charge in [0.05, 0.1) is 11.0 Å². The predicted octanol–water partition coefficient (Wildman–Crippen LogP) is 18.2. The molecular weight excluding hydrogens is 875 g/mol. The van der Waals surface area contributed by atoms with Crippen LogP contribution in [0.5, 0.6) is 0 Å². The summed E-state index contributed by atoms with van der Waals surface area (Å²) in [6.07, 6.45) is 19.9. The Morgan fingerprint density at radius 2 is 1.22 bits per heavy atom. The second kappa shape index (κ2) is 17.8. The topological polar surface area (TPSA) is 34.2 Å². The van der Waals surface area contributed by atoms with Gasteiger partial charge in [0, 0.05) is 63.6 Å². The number of rotatable bonds is 10. The molecule has 0 atom stereocenters. The van der Waals surface area contributed by atoms with Gasteiger partial charge in [-0.25, -0.2) is 0 Å². The first-order chi connectivity index (χ1) is 35.5. The van der Waals surface area contributed by atoms with Crippen LogP contribution in [-0.4, -0.2) is 16.6 Å². The molecule has 0 saturated heterocycles. The number of nitrogens with zero attached hydrogens (tertiary/aromatic N) is 3. The second-order valence-electron chi connectivity index (χ2n) is 19.1. The fourth-order valence-electron chi connectivity index (χ4n) is 11.3. The molecule has 0 radical (unpaired) electrons. The van der Waals surface area contributed by atoms with Crippen molar-refractivity contribution in [1.82, 2.24) is 9.55 Å². The van der Waals surface area contributed by atoms with Gasteiger partial charge < -0.3 is 13.9 Å². The molecule has 4 heteroatoms. The Kier molecular flexibility index (Phi) is 10.6. The van der Waals surface area contributed by atoms with Crippen LogP contribution < -0.4 is 4.90 Å². The van der Waals surface area contributed by atoms with Crippen LogP contribution in [0, 0.1) is 0 Å². The number of aromatic nitrogens is 2. The van der Waals surface area contributed by atoms with Gasteiger partial charge in [0.2, 0.25) is 0 Å². The zero-order valence-electron chi connectivity index (χ0n) is 40.4. The van der Waals surface area contributed by atoms with Crippen LogP contribution in [0.4, 0.5) is 5.69 Å². The van der Waals surface area contributed by atoms with Crippen LogP contribution in [0.25, 0.3) is 111 Å². The first-order valence-electron chi connectivity index (χ1n) is 25.0. The van der Waals surface area contributed by atoms with Crippen LogP contribution >= 0.6 is 0 Å². The molecule has 3 aromatic heterocycles. The largest absolute Gasteiger partial charge is 0.456 e. The van der Waals surface area contributed by atoms with E-state index in [1.54, 1.807) is 6.20 Å². The summed E-state index contributed by atoms with van der Waals surface area (Å²) in [6, 6.07) is 65.0. The van der Waals surface area contributed by atoms with Gasteiger partial charge in [0.25, 0.3) is 0 Å². The van der Waals surface area contributed by atoms with Crippen molar-refractivity contribution in [2.24, 2.45) is 0 Å². The van der Waals surface area contributed by atoms with E-state index in [0.29, 0.717) is 0 Å². The van der Waals surface area contributed by atoms with Gasteiger partial charge in [-0.2, -0.15) is 0 Å². The molecule has 0 bridgehead atoms. The molecule has 0 saturated carbocycles. The number of pyridine rings is 1. The fraction of sp³-hybridized carbons (Fsp3) is 0.0735. The zero-order valence-corrected chi connectivity index (χ0v) is 40.4. The van der Waals surface area contributed by atoms with E-state index in [1.165, 1.54) is 77.6 Å². The average molecular weight is 926 g/mol. The minimum absolute atomic E-state index is 0.848. The van der Waals surface area contributed by atoms with Crippen molar-refractivity contribution >= 4 is 55.0 Å². The van der Waals surface area contributed by atoms with E-state index in [-0.39, 0.29) is 0 Å².